The minimum atomic E-state index is -0.714. The third kappa shape index (κ3) is 4.85. The number of hydrogen-bond donors (Lipinski definition) is 2. The van der Waals surface area contributed by atoms with Crippen LogP contribution in [0.15, 0.2) is 0 Å². The van der Waals surface area contributed by atoms with Crippen molar-refractivity contribution in [3.63, 3.8) is 0 Å². The molecule has 0 spiro atoms. The monoisotopic (exact) mass is 300 g/mol. The topological polar surface area (TPSA) is 58.2 Å². The van der Waals surface area contributed by atoms with Crippen LogP contribution in [-0.2, 0) is 15.6 Å². The lowest BCUT2D eigenvalue weighted by molar-refractivity contribution is -0.122. The highest BCUT2D eigenvalue weighted by molar-refractivity contribution is 7.85. The van der Waals surface area contributed by atoms with Gasteiger partial charge in [-0.1, -0.05) is 13.3 Å². The summed E-state index contributed by atoms with van der Waals surface area (Å²) >= 11 is 0. The van der Waals surface area contributed by atoms with Gasteiger partial charge in [0.2, 0.25) is 5.91 Å². The molecule has 2 aliphatic rings. The second-order valence-electron chi connectivity index (χ2n) is 6.12. The Morgan fingerprint density at radius 2 is 2.20 bits per heavy atom. The molecule has 116 valence electrons. The van der Waals surface area contributed by atoms with Gasteiger partial charge in [-0.15, -0.1) is 0 Å². The Kier molecular flexibility index (Phi) is 6.49. The minimum absolute atomic E-state index is 0.185. The van der Waals surface area contributed by atoms with Gasteiger partial charge in [0.15, 0.2) is 0 Å². The van der Waals surface area contributed by atoms with Crippen molar-refractivity contribution in [3.8, 4) is 0 Å². The highest BCUT2D eigenvalue weighted by Crippen LogP contribution is 2.23. The first kappa shape index (κ1) is 16.0. The molecule has 0 radical (unpaired) electrons. The van der Waals surface area contributed by atoms with Crippen LogP contribution in [0.25, 0.3) is 0 Å². The Morgan fingerprint density at radius 1 is 1.35 bits per heavy atom. The zero-order chi connectivity index (χ0) is 14.4. The number of hydrogen-bond acceptors (Lipinski definition) is 3. The smallest absolute Gasteiger partial charge is 0.220 e. The molecule has 1 saturated carbocycles. The van der Waals surface area contributed by atoms with Crippen molar-refractivity contribution in [1.82, 2.24) is 10.6 Å². The number of carbonyl (C=O) groups is 1. The zero-order valence-electron chi connectivity index (χ0n) is 12.5. The summed E-state index contributed by atoms with van der Waals surface area (Å²) in [6.45, 7) is 4.14. The summed E-state index contributed by atoms with van der Waals surface area (Å²) in [5.74, 6) is 1.59. The van der Waals surface area contributed by atoms with Crippen LogP contribution in [0, 0.1) is 5.92 Å². The Morgan fingerprint density at radius 3 is 2.90 bits per heavy atom. The number of rotatable bonds is 6. The van der Waals surface area contributed by atoms with Crippen LogP contribution in [0.2, 0.25) is 0 Å². The predicted molar refractivity (Wildman–Crippen MR) is 83.1 cm³/mol. The van der Waals surface area contributed by atoms with Gasteiger partial charge < -0.3 is 10.6 Å². The van der Waals surface area contributed by atoms with Gasteiger partial charge in [-0.25, -0.2) is 0 Å². The summed E-state index contributed by atoms with van der Waals surface area (Å²) in [5, 5.41) is 6.78. The van der Waals surface area contributed by atoms with Gasteiger partial charge in [-0.05, 0) is 51.1 Å². The molecule has 2 fully saturated rings. The molecule has 5 heteroatoms. The molecule has 1 saturated heterocycles. The second kappa shape index (κ2) is 8.13. The predicted octanol–water partition coefficient (Wildman–Crippen LogP) is 1.57. The summed E-state index contributed by atoms with van der Waals surface area (Å²) in [7, 11) is -0.714. The van der Waals surface area contributed by atoms with Gasteiger partial charge in [-0.2, -0.15) is 0 Å². The molecule has 1 aliphatic carbocycles. The molecule has 1 aliphatic heterocycles. The van der Waals surface area contributed by atoms with Crippen LogP contribution < -0.4 is 10.6 Å². The van der Waals surface area contributed by atoms with Crippen LogP contribution in [-0.4, -0.2) is 40.3 Å². The maximum Gasteiger partial charge on any atom is 0.220 e. The lowest BCUT2D eigenvalue weighted by atomic mass is 9.94. The van der Waals surface area contributed by atoms with Crippen molar-refractivity contribution in [1.29, 1.82) is 0 Å². The summed E-state index contributed by atoms with van der Waals surface area (Å²) in [6, 6.07) is 0.249. The minimum Gasteiger partial charge on any atom is -0.353 e. The molecular formula is C15H28N2O2S. The number of carbonyl (C=O) groups excluding carboxylic acids is 1. The van der Waals surface area contributed by atoms with Crippen LogP contribution >= 0.6 is 0 Å². The molecule has 2 N–H and O–H groups in total. The first-order valence-corrected chi connectivity index (χ1v) is 9.44. The van der Waals surface area contributed by atoms with E-state index in [1.165, 1.54) is 6.42 Å². The molecule has 0 bridgehead atoms. The van der Waals surface area contributed by atoms with E-state index < -0.39 is 10.8 Å². The van der Waals surface area contributed by atoms with Crippen molar-refractivity contribution in [2.24, 2.45) is 5.92 Å². The van der Waals surface area contributed by atoms with E-state index >= 15 is 0 Å². The van der Waals surface area contributed by atoms with Crippen molar-refractivity contribution in [2.75, 3.05) is 18.8 Å². The van der Waals surface area contributed by atoms with Crippen LogP contribution in [0.4, 0.5) is 0 Å². The highest BCUT2D eigenvalue weighted by Gasteiger charge is 2.26. The Bertz CT molecular complexity index is 343. The van der Waals surface area contributed by atoms with E-state index in [1.807, 2.05) is 6.92 Å². The third-order valence-corrected chi connectivity index (χ3v) is 6.33. The van der Waals surface area contributed by atoms with Gasteiger partial charge in [0.25, 0.3) is 0 Å². The zero-order valence-corrected chi connectivity index (χ0v) is 13.3. The molecule has 1 amide bonds. The van der Waals surface area contributed by atoms with E-state index in [9.17, 15) is 9.00 Å². The van der Waals surface area contributed by atoms with Crippen LogP contribution in [0.3, 0.4) is 0 Å². The first-order valence-electron chi connectivity index (χ1n) is 8.06. The normalized spacial score (nSPS) is 31.9. The number of nitrogens with one attached hydrogen (secondary N) is 2. The highest BCUT2D eigenvalue weighted by atomic mass is 32.2. The molecule has 0 aromatic heterocycles. The lowest BCUT2D eigenvalue weighted by Crippen LogP contribution is -2.41. The van der Waals surface area contributed by atoms with Crippen molar-refractivity contribution in [3.05, 3.63) is 0 Å². The Labute approximate surface area is 124 Å². The largest absolute Gasteiger partial charge is 0.353 e. The molecular weight excluding hydrogens is 272 g/mol. The van der Waals surface area contributed by atoms with Gasteiger partial charge in [0.1, 0.15) is 0 Å². The summed E-state index contributed by atoms with van der Waals surface area (Å²) in [6.07, 6.45) is 6.94. The Hall–Kier alpha value is -0.420. The van der Waals surface area contributed by atoms with Crippen molar-refractivity contribution < 1.29 is 9.00 Å². The van der Waals surface area contributed by atoms with E-state index in [4.69, 9.17) is 0 Å². The molecule has 0 aromatic rings. The van der Waals surface area contributed by atoms with E-state index in [0.29, 0.717) is 12.3 Å². The molecule has 2 rings (SSSR count). The fraction of sp³-hybridized carbons (Fsp3) is 0.933. The fourth-order valence-corrected chi connectivity index (χ4v) is 4.69. The van der Waals surface area contributed by atoms with Gasteiger partial charge in [0.05, 0.1) is 0 Å². The van der Waals surface area contributed by atoms with Gasteiger partial charge in [-0.3, -0.25) is 9.00 Å². The van der Waals surface area contributed by atoms with Crippen LogP contribution in [0.1, 0.15) is 51.9 Å². The fourth-order valence-electron chi connectivity index (χ4n) is 3.35. The molecule has 1 heterocycles. The standard InChI is InChI=1S/C15H28N2O2S/c1-2-20(19)14-5-3-4-13(10-14)17-15(18)7-6-12-8-9-16-11-12/h12-14,16H,2-11H2,1H3,(H,17,18). The van der Waals surface area contributed by atoms with Crippen molar-refractivity contribution in [2.45, 2.75) is 63.2 Å². The summed E-state index contributed by atoms with van der Waals surface area (Å²) in [5.41, 5.74) is 0. The quantitative estimate of drug-likeness (QED) is 0.783. The third-order valence-electron chi connectivity index (χ3n) is 4.59. The molecule has 20 heavy (non-hydrogen) atoms. The van der Waals surface area contributed by atoms with E-state index in [1.54, 1.807) is 0 Å². The summed E-state index contributed by atoms with van der Waals surface area (Å²) in [4.78, 5) is 12.0. The van der Waals surface area contributed by atoms with Gasteiger partial charge in [0, 0.05) is 34.3 Å². The Balaban J connectivity index is 1.68. The maximum absolute atomic E-state index is 12.0. The SMILES string of the molecule is CCS(=O)C1CCCC(NC(=O)CCC2CCNC2)C1. The molecule has 0 aromatic carbocycles. The molecule has 4 unspecified atom stereocenters. The van der Waals surface area contributed by atoms with E-state index in [0.717, 1.165) is 50.9 Å². The van der Waals surface area contributed by atoms with E-state index in [-0.39, 0.29) is 17.2 Å². The average Bonchev–Trinajstić information content (AvgIpc) is 2.98. The summed E-state index contributed by atoms with van der Waals surface area (Å²) < 4.78 is 11.9. The lowest BCUT2D eigenvalue weighted by Gasteiger charge is -2.29. The van der Waals surface area contributed by atoms with Crippen LogP contribution in [0.5, 0.6) is 0 Å². The second-order valence-corrected chi connectivity index (χ2v) is 8.13. The van der Waals surface area contributed by atoms with Gasteiger partial charge >= 0.3 is 0 Å². The molecule has 4 atom stereocenters. The average molecular weight is 300 g/mol. The first-order chi connectivity index (χ1) is 9.69. The number of amides is 1. The maximum atomic E-state index is 12.0. The van der Waals surface area contributed by atoms with E-state index in [2.05, 4.69) is 10.6 Å². The molecule has 4 nitrogen and oxygen atoms in total. The van der Waals surface area contributed by atoms with Crippen molar-refractivity contribution >= 4 is 16.7 Å².